The number of amides is 4. The highest BCUT2D eigenvalue weighted by molar-refractivity contribution is 5.96. The average Bonchev–Trinajstić information content (AvgIpc) is 2.70. The minimum absolute atomic E-state index is 0.0434. The van der Waals surface area contributed by atoms with Crippen LogP contribution in [0.3, 0.4) is 0 Å². The maximum atomic E-state index is 12.8. The molecule has 1 aromatic rings. The van der Waals surface area contributed by atoms with Gasteiger partial charge in [0.05, 0.1) is 18.9 Å². The van der Waals surface area contributed by atoms with Crippen LogP contribution in [0, 0.1) is 0 Å². The number of carbonyl (C=O) groups excluding carboxylic acids is 4. The molecule has 0 fully saturated rings. The quantitative estimate of drug-likeness (QED) is 0.162. The maximum Gasteiger partial charge on any atom is 0.322 e. The first kappa shape index (κ1) is 26.0. The van der Waals surface area contributed by atoms with Gasteiger partial charge >= 0.3 is 11.9 Å². The fourth-order valence-electron chi connectivity index (χ4n) is 2.59. The highest BCUT2D eigenvalue weighted by Gasteiger charge is 2.30. The molecule has 174 valence electrons. The fraction of sp³-hybridized carbons (Fsp3) is 0.368. The summed E-state index contributed by atoms with van der Waals surface area (Å²) >= 11 is 0. The third-order valence-corrected chi connectivity index (χ3v) is 4.10. The summed E-state index contributed by atoms with van der Waals surface area (Å²) in [5.74, 6) is -6.41. The molecule has 0 saturated heterocycles. The predicted octanol–water partition coefficient (Wildman–Crippen LogP) is -2.92. The van der Waals surface area contributed by atoms with E-state index in [-0.39, 0.29) is 6.42 Å². The van der Waals surface area contributed by atoms with Crippen LogP contribution < -0.4 is 27.4 Å². The van der Waals surface area contributed by atoms with Gasteiger partial charge in [0.1, 0.15) is 18.6 Å². The van der Waals surface area contributed by atoms with Crippen molar-refractivity contribution in [3.05, 3.63) is 35.9 Å². The first-order chi connectivity index (χ1) is 15.0. The Morgan fingerprint density at radius 2 is 1.41 bits per heavy atom. The minimum Gasteiger partial charge on any atom is -0.481 e. The Morgan fingerprint density at radius 1 is 0.812 bits per heavy atom. The van der Waals surface area contributed by atoms with Crippen LogP contribution in [-0.2, 0) is 35.2 Å². The molecule has 1 rings (SSSR count). The summed E-state index contributed by atoms with van der Waals surface area (Å²) in [6, 6.07) is 4.24. The molecule has 0 aliphatic heterocycles. The number of benzene rings is 1. The van der Waals surface area contributed by atoms with Crippen molar-refractivity contribution in [2.45, 2.75) is 37.4 Å². The number of nitrogens with one attached hydrogen (secondary N) is 3. The summed E-state index contributed by atoms with van der Waals surface area (Å²) in [5, 5.41) is 24.2. The van der Waals surface area contributed by atoms with Gasteiger partial charge in [-0.2, -0.15) is 0 Å². The van der Waals surface area contributed by atoms with E-state index in [4.69, 9.17) is 21.7 Å². The number of primary amides is 1. The minimum atomic E-state index is -1.60. The van der Waals surface area contributed by atoms with E-state index >= 15 is 0 Å². The van der Waals surface area contributed by atoms with Crippen molar-refractivity contribution < 1.29 is 39.0 Å². The Morgan fingerprint density at radius 3 is 1.94 bits per heavy atom. The zero-order chi connectivity index (χ0) is 24.3. The normalized spacial score (nSPS) is 13.2. The van der Waals surface area contributed by atoms with Gasteiger partial charge in [-0.1, -0.05) is 30.3 Å². The zero-order valence-electron chi connectivity index (χ0n) is 16.9. The summed E-state index contributed by atoms with van der Waals surface area (Å²) in [6.07, 6.45) is -1.34. The topological polar surface area (TPSA) is 231 Å². The van der Waals surface area contributed by atoms with Gasteiger partial charge in [0.15, 0.2) is 0 Å². The molecule has 0 radical (unpaired) electrons. The molecule has 13 heteroatoms. The number of hydrogen-bond acceptors (Lipinski definition) is 7. The number of carbonyl (C=O) groups is 6. The van der Waals surface area contributed by atoms with E-state index in [1.165, 1.54) is 0 Å². The van der Waals surface area contributed by atoms with Crippen LogP contribution in [0.2, 0.25) is 0 Å². The molecule has 0 aromatic heterocycles. The molecule has 3 unspecified atom stereocenters. The second-order valence-corrected chi connectivity index (χ2v) is 6.80. The Balaban J connectivity index is 3.02. The average molecular weight is 451 g/mol. The van der Waals surface area contributed by atoms with Gasteiger partial charge in [-0.3, -0.25) is 28.8 Å². The predicted molar refractivity (Wildman–Crippen MR) is 109 cm³/mol. The van der Waals surface area contributed by atoms with Gasteiger partial charge in [-0.05, 0) is 5.56 Å². The third-order valence-electron chi connectivity index (χ3n) is 4.10. The number of aliphatic carboxylic acids is 2. The first-order valence-electron chi connectivity index (χ1n) is 9.39. The molecule has 0 bridgehead atoms. The molecule has 32 heavy (non-hydrogen) atoms. The Kier molecular flexibility index (Phi) is 10.3. The lowest BCUT2D eigenvalue weighted by Gasteiger charge is -2.23. The van der Waals surface area contributed by atoms with Crippen LogP contribution in [0.25, 0.3) is 0 Å². The van der Waals surface area contributed by atoms with E-state index in [2.05, 4.69) is 10.6 Å². The molecule has 9 N–H and O–H groups in total. The summed E-state index contributed by atoms with van der Waals surface area (Å²) < 4.78 is 0. The fourth-order valence-corrected chi connectivity index (χ4v) is 2.59. The van der Waals surface area contributed by atoms with Crippen molar-refractivity contribution in [1.82, 2.24) is 16.0 Å². The van der Waals surface area contributed by atoms with Crippen LogP contribution in [0.4, 0.5) is 0 Å². The second-order valence-electron chi connectivity index (χ2n) is 6.80. The van der Waals surface area contributed by atoms with Crippen LogP contribution in [0.1, 0.15) is 18.4 Å². The van der Waals surface area contributed by atoms with Crippen molar-refractivity contribution in [2.24, 2.45) is 11.5 Å². The Hall–Kier alpha value is -4.00. The zero-order valence-corrected chi connectivity index (χ0v) is 16.9. The summed E-state index contributed by atoms with van der Waals surface area (Å²) in [7, 11) is 0. The van der Waals surface area contributed by atoms with Crippen molar-refractivity contribution in [2.75, 3.05) is 6.54 Å². The summed E-state index contributed by atoms with van der Waals surface area (Å²) in [6.45, 7) is -0.781. The molecular weight excluding hydrogens is 426 g/mol. The molecule has 0 aliphatic carbocycles. The summed E-state index contributed by atoms with van der Waals surface area (Å²) in [4.78, 5) is 70.0. The van der Waals surface area contributed by atoms with Gasteiger partial charge in [-0.15, -0.1) is 0 Å². The van der Waals surface area contributed by atoms with Crippen LogP contribution in [0.5, 0.6) is 0 Å². The van der Waals surface area contributed by atoms with Gasteiger partial charge in [0, 0.05) is 6.42 Å². The Bertz CT molecular complexity index is 861. The third kappa shape index (κ3) is 9.67. The standard InChI is InChI=1S/C19H25N5O8/c20-11(7-14(21)25)17(30)23-12(6-10-4-2-1-3-5-10)19(32)24-13(8-15(26)27)18(31)22-9-16(28)29/h1-5,11-13H,6-9,20H2,(H2,21,25)(H,22,31)(H,23,30)(H,24,32)(H,26,27)(H,28,29). The van der Waals surface area contributed by atoms with E-state index in [1.807, 2.05) is 5.32 Å². The first-order valence-corrected chi connectivity index (χ1v) is 9.39. The summed E-state index contributed by atoms with van der Waals surface area (Å²) in [5.41, 5.74) is 11.2. The molecule has 1 aromatic carbocycles. The maximum absolute atomic E-state index is 12.8. The van der Waals surface area contributed by atoms with Crippen LogP contribution in [-0.4, -0.2) is 70.5 Å². The van der Waals surface area contributed by atoms with Gasteiger partial charge in [0.2, 0.25) is 23.6 Å². The van der Waals surface area contributed by atoms with Crippen molar-refractivity contribution in [1.29, 1.82) is 0 Å². The number of hydrogen-bond donors (Lipinski definition) is 7. The lowest BCUT2D eigenvalue weighted by molar-refractivity contribution is -0.141. The molecule has 0 spiro atoms. The Labute approximate surface area is 182 Å². The molecule has 3 atom stereocenters. The molecule has 4 amide bonds. The number of carboxylic acid groups (broad SMARTS) is 2. The SMILES string of the molecule is NC(=O)CC(N)C(=O)NC(Cc1ccccc1)C(=O)NC(CC(=O)O)C(=O)NCC(=O)O. The van der Waals surface area contributed by atoms with Crippen LogP contribution in [0.15, 0.2) is 30.3 Å². The monoisotopic (exact) mass is 451 g/mol. The molecular formula is C19H25N5O8. The van der Waals surface area contributed by atoms with Gasteiger partial charge in [0.25, 0.3) is 0 Å². The lowest BCUT2D eigenvalue weighted by atomic mass is 10.0. The highest BCUT2D eigenvalue weighted by atomic mass is 16.4. The molecule has 13 nitrogen and oxygen atoms in total. The smallest absolute Gasteiger partial charge is 0.322 e. The van der Waals surface area contributed by atoms with Gasteiger partial charge < -0.3 is 37.6 Å². The van der Waals surface area contributed by atoms with Crippen LogP contribution >= 0.6 is 0 Å². The largest absolute Gasteiger partial charge is 0.481 e. The highest BCUT2D eigenvalue weighted by Crippen LogP contribution is 2.05. The number of carboxylic acids is 2. The van der Waals surface area contributed by atoms with E-state index < -0.39 is 73.1 Å². The van der Waals surface area contributed by atoms with E-state index in [0.717, 1.165) is 0 Å². The van der Waals surface area contributed by atoms with Crippen molar-refractivity contribution in [3.8, 4) is 0 Å². The van der Waals surface area contributed by atoms with E-state index in [9.17, 15) is 28.8 Å². The van der Waals surface area contributed by atoms with E-state index in [0.29, 0.717) is 5.56 Å². The number of nitrogens with two attached hydrogens (primary N) is 2. The molecule has 0 heterocycles. The van der Waals surface area contributed by atoms with Crippen molar-refractivity contribution >= 4 is 35.6 Å². The van der Waals surface area contributed by atoms with Gasteiger partial charge in [-0.25, -0.2) is 0 Å². The molecule has 0 aliphatic rings. The second kappa shape index (κ2) is 12.6. The van der Waals surface area contributed by atoms with E-state index in [1.54, 1.807) is 30.3 Å². The van der Waals surface area contributed by atoms with Crippen molar-refractivity contribution in [3.63, 3.8) is 0 Å². The lowest BCUT2D eigenvalue weighted by Crippen LogP contribution is -2.57. The molecule has 0 saturated carbocycles. The number of rotatable bonds is 13.